The second kappa shape index (κ2) is 7.63. The average Bonchev–Trinajstić information content (AvgIpc) is 2.42. The number of hydrogen-bond acceptors (Lipinski definition) is 3. The maximum atomic E-state index is 11.7. The molecule has 0 aliphatic carbocycles. The third-order valence-corrected chi connectivity index (χ3v) is 5.72. The zero-order valence-corrected chi connectivity index (χ0v) is 14.9. The highest BCUT2D eigenvalue weighted by Crippen LogP contribution is 2.13. The molecule has 0 radical (unpaired) electrons. The Bertz CT molecular complexity index is 605. The minimum atomic E-state index is -3.13. The van der Waals surface area contributed by atoms with Gasteiger partial charge in [-0.05, 0) is 33.3 Å². The van der Waals surface area contributed by atoms with Gasteiger partial charge in [0.25, 0.3) is 0 Å². The van der Waals surface area contributed by atoms with Gasteiger partial charge >= 0.3 is 0 Å². The molecule has 22 heavy (non-hydrogen) atoms. The highest BCUT2D eigenvalue weighted by molar-refractivity contribution is 7.92. The van der Waals surface area contributed by atoms with Gasteiger partial charge < -0.3 is 10.6 Å². The first-order chi connectivity index (χ1) is 10.2. The molecule has 0 spiro atoms. The Morgan fingerprint density at radius 1 is 1.18 bits per heavy atom. The van der Waals surface area contributed by atoms with Crippen LogP contribution in [0.15, 0.2) is 29.3 Å². The fourth-order valence-corrected chi connectivity index (χ4v) is 1.97. The van der Waals surface area contributed by atoms with Crippen LogP contribution < -0.4 is 10.6 Å². The number of nitrogens with zero attached hydrogens (tertiary/aromatic N) is 1. The molecule has 0 heterocycles. The van der Waals surface area contributed by atoms with Gasteiger partial charge in [0.2, 0.25) is 0 Å². The van der Waals surface area contributed by atoms with Gasteiger partial charge in [0.1, 0.15) is 0 Å². The standard InChI is InChI=1S/C16H27N3O2S/c1-6-17-15(19-12-16(3,4)22(5,20)21)18-11-14-9-7-13(2)8-10-14/h7-10H,6,11-12H2,1-5H3,(H2,17,18,19). The number of aliphatic imine (C=N–C) groups is 1. The maximum absolute atomic E-state index is 11.7. The Labute approximate surface area is 134 Å². The van der Waals surface area contributed by atoms with E-state index in [4.69, 9.17) is 0 Å². The van der Waals surface area contributed by atoms with Crippen LogP contribution in [-0.2, 0) is 16.4 Å². The van der Waals surface area contributed by atoms with E-state index in [1.54, 1.807) is 13.8 Å². The fraction of sp³-hybridized carbons (Fsp3) is 0.562. The SMILES string of the molecule is CCNC(=NCc1ccc(C)cc1)NCC(C)(C)S(C)(=O)=O. The highest BCUT2D eigenvalue weighted by atomic mass is 32.2. The lowest BCUT2D eigenvalue weighted by molar-refractivity contribution is 0.544. The normalized spacial score (nSPS) is 13.0. The largest absolute Gasteiger partial charge is 0.357 e. The van der Waals surface area contributed by atoms with E-state index in [2.05, 4.69) is 27.8 Å². The summed E-state index contributed by atoms with van der Waals surface area (Å²) in [5.41, 5.74) is 2.33. The molecular weight excluding hydrogens is 298 g/mol. The van der Waals surface area contributed by atoms with Gasteiger partial charge in [0.15, 0.2) is 15.8 Å². The molecule has 0 fully saturated rings. The molecule has 1 aromatic rings. The number of hydrogen-bond donors (Lipinski definition) is 2. The maximum Gasteiger partial charge on any atom is 0.191 e. The molecule has 2 N–H and O–H groups in total. The Kier molecular flexibility index (Phi) is 6.41. The van der Waals surface area contributed by atoms with Crippen molar-refractivity contribution in [2.45, 2.75) is 39.0 Å². The Morgan fingerprint density at radius 2 is 1.77 bits per heavy atom. The smallest absolute Gasteiger partial charge is 0.191 e. The molecule has 124 valence electrons. The van der Waals surface area contributed by atoms with E-state index < -0.39 is 14.6 Å². The van der Waals surface area contributed by atoms with Crippen LogP contribution in [0.25, 0.3) is 0 Å². The zero-order valence-electron chi connectivity index (χ0n) is 14.1. The molecule has 0 unspecified atom stereocenters. The van der Waals surface area contributed by atoms with Crippen molar-refractivity contribution in [3.8, 4) is 0 Å². The average molecular weight is 325 g/mol. The third kappa shape index (κ3) is 5.67. The Balaban J connectivity index is 2.72. The predicted molar refractivity (Wildman–Crippen MR) is 92.9 cm³/mol. The van der Waals surface area contributed by atoms with Crippen LogP contribution in [0.3, 0.4) is 0 Å². The fourth-order valence-electron chi connectivity index (χ4n) is 1.63. The molecule has 0 saturated heterocycles. The number of sulfone groups is 1. The van der Waals surface area contributed by atoms with Crippen molar-refractivity contribution in [3.63, 3.8) is 0 Å². The zero-order chi connectivity index (χ0) is 16.8. The Morgan fingerprint density at radius 3 is 2.27 bits per heavy atom. The molecule has 0 aliphatic rings. The van der Waals surface area contributed by atoms with Crippen LogP contribution in [0.4, 0.5) is 0 Å². The van der Waals surface area contributed by atoms with E-state index in [0.29, 0.717) is 19.0 Å². The van der Waals surface area contributed by atoms with E-state index in [-0.39, 0.29) is 0 Å². The van der Waals surface area contributed by atoms with E-state index in [1.165, 1.54) is 11.8 Å². The van der Waals surface area contributed by atoms with Crippen molar-refractivity contribution in [2.24, 2.45) is 4.99 Å². The van der Waals surface area contributed by atoms with Crippen LogP contribution in [0, 0.1) is 6.92 Å². The second-order valence-corrected chi connectivity index (χ2v) is 8.72. The predicted octanol–water partition coefficient (Wildman–Crippen LogP) is 1.87. The van der Waals surface area contributed by atoms with Gasteiger partial charge in [0, 0.05) is 19.3 Å². The first-order valence-electron chi connectivity index (χ1n) is 7.43. The molecule has 0 bridgehead atoms. The van der Waals surface area contributed by atoms with Crippen molar-refractivity contribution < 1.29 is 8.42 Å². The summed E-state index contributed by atoms with van der Waals surface area (Å²) in [6, 6.07) is 8.20. The molecule has 0 aliphatic heterocycles. The topological polar surface area (TPSA) is 70.6 Å². The van der Waals surface area contributed by atoms with Crippen molar-refractivity contribution in [1.29, 1.82) is 0 Å². The summed E-state index contributed by atoms with van der Waals surface area (Å²) in [6.45, 7) is 9.02. The number of guanidine groups is 1. The first kappa shape index (κ1) is 18.5. The van der Waals surface area contributed by atoms with Crippen LogP contribution in [-0.4, -0.2) is 38.5 Å². The summed E-state index contributed by atoms with van der Waals surface area (Å²) in [6.07, 6.45) is 1.26. The molecule has 1 aromatic carbocycles. The van der Waals surface area contributed by atoms with Gasteiger partial charge in [-0.25, -0.2) is 13.4 Å². The summed E-state index contributed by atoms with van der Waals surface area (Å²) in [7, 11) is -3.13. The van der Waals surface area contributed by atoms with Crippen molar-refractivity contribution >= 4 is 15.8 Å². The van der Waals surface area contributed by atoms with Crippen LogP contribution in [0.1, 0.15) is 31.9 Å². The van der Waals surface area contributed by atoms with Gasteiger partial charge in [0.05, 0.1) is 11.3 Å². The molecule has 0 atom stereocenters. The van der Waals surface area contributed by atoms with Crippen LogP contribution >= 0.6 is 0 Å². The summed E-state index contributed by atoms with van der Waals surface area (Å²) in [4.78, 5) is 4.50. The van der Waals surface area contributed by atoms with Crippen molar-refractivity contribution in [1.82, 2.24) is 10.6 Å². The number of aryl methyl sites for hydroxylation is 1. The summed E-state index contributed by atoms with van der Waals surface area (Å²) >= 11 is 0. The third-order valence-electron chi connectivity index (χ3n) is 3.57. The minimum absolute atomic E-state index is 0.311. The van der Waals surface area contributed by atoms with Crippen LogP contribution in [0.2, 0.25) is 0 Å². The molecule has 1 rings (SSSR count). The number of nitrogens with one attached hydrogen (secondary N) is 2. The first-order valence-corrected chi connectivity index (χ1v) is 9.32. The van der Waals surface area contributed by atoms with E-state index in [0.717, 1.165) is 12.1 Å². The van der Waals surface area contributed by atoms with Gasteiger partial charge in [-0.15, -0.1) is 0 Å². The van der Waals surface area contributed by atoms with E-state index >= 15 is 0 Å². The number of rotatable bonds is 6. The molecule has 6 heteroatoms. The van der Waals surface area contributed by atoms with Gasteiger partial charge in [-0.3, -0.25) is 0 Å². The summed E-state index contributed by atoms with van der Waals surface area (Å²) < 4.78 is 22.6. The lowest BCUT2D eigenvalue weighted by Crippen LogP contribution is -2.47. The van der Waals surface area contributed by atoms with Crippen molar-refractivity contribution in [2.75, 3.05) is 19.3 Å². The van der Waals surface area contributed by atoms with Crippen molar-refractivity contribution in [3.05, 3.63) is 35.4 Å². The lowest BCUT2D eigenvalue weighted by Gasteiger charge is -2.24. The molecule has 0 aromatic heterocycles. The monoisotopic (exact) mass is 325 g/mol. The molecule has 0 amide bonds. The molecule has 5 nitrogen and oxygen atoms in total. The van der Waals surface area contributed by atoms with Crippen LogP contribution in [0.5, 0.6) is 0 Å². The van der Waals surface area contributed by atoms with Gasteiger partial charge in [-0.1, -0.05) is 29.8 Å². The summed E-state index contributed by atoms with van der Waals surface area (Å²) in [5, 5.41) is 6.24. The number of benzene rings is 1. The minimum Gasteiger partial charge on any atom is -0.357 e. The highest BCUT2D eigenvalue weighted by Gasteiger charge is 2.30. The molecular formula is C16H27N3O2S. The lowest BCUT2D eigenvalue weighted by atomic mass is 10.1. The van der Waals surface area contributed by atoms with Gasteiger partial charge in [-0.2, -0.15) is 0 Å². The second-order valence-electron chi connectivity index (χ2n) is 6.07. The molecule has 0 saturated carbocycles. The Hall–Kier alpha value is -1.56. The quantitative estimate of drug-likeness (QED) is 0.619. The summed E-state index contributed by atoms with van der Waals surface area (Å²) in [5.74, 6) is 0.625. The van der Waals surface area contributed by atoms with E-state index in [9.17, 15) is 8.42 Å². The van der Waals surface area contributed by atoms with E-state index in [1.807, 2.05) is 26.0 Å².